The summed E-state index contributed by atoms with van der Waals surface area (Å²) in [5.74, 6) is 0.452. The van der Waals surface area contributed by atoms with Gasteiger partial charge in [-0.05, 0) is 0 Å². The number of aromatic nitrogens is 2. The molecule has 1 rings (SSSR count). The smallest absolute Gasteiger partial charge is 0.240 e. The van der Waals surface area contributed by atoms with E-state index in [-0.39, 0.29) is 0 Å². The number of isocyanates is 1. The molecule has 0 aliphatic rings. The lowest BCUT2D eigenvalue weighted by molar-refractivity contribution is 0.374. The number of aryl methyl sites for hydroxylation is 1. The Morgan fingerprint density at radius 3 is 3.09 bits per heavy atom. The Morgan fingerprint density at radius 1 is 1.82 bits per heavy atom. The van der Waals surface area contributed by atoms with E-state index in [0.29, 0.717) is 11.6 Å². The van der Waals surface area contributed by atoms with Gasteiger partial charge in [-0.1, -0.05) is 0 Å². The largest absolute Gasteiger partial charge is 0.480 e. The second kappa shape index (κ2) is 2.98. The minimum atomic E-state index is 0.394. The van der Waals surface area contributed by atoms with Crippen molar-refractivity contribution in [3.8, 4) is 5.88 Å². The van der Waals surface area contributed by atoms with Crippen molar-refractivity contribution in [3.05, 3.63) is 6.20 Å². The minimum Gasteiger partial charge on any atom is -0.480 e. The molecule has 58 valence electrons. The number of hydrogen-bond acceptors (Lipinski definition) is 4. The Labute approximate surface area is 63.3 Å². The molecule has 0 fully saturated rings. The van der Waals surface area contributed by atoms with E-state index in [9.17, 15) is 4.79 Å². The van der Waals surface area contributed by atoms with Crippen molar-refractivity contribution in [2.24, 2.45) is 12.0 Å². The highest BCUT2D eigenvalue weighted by Crippen LogP contribution is 2.24. The van der Waals surface area contributed by atoms with Crippen molar-refractivity contribution >= 4 is 11.8 Å². The zero-order valence-electron chi connectivity index (χ0n) is 6.24. The molecule has 11 heavy (non-hydrogen) atoms. The number of aliphatic imine (C=N–C) groups is 1. The fourth-order valence-electron chi connectivity index (χ4n) is 0.777. The van der Waals surface area contributed by atoms with Crippen LogP contribution in [0.3, 0.4) is 0 Å². The third-order valence-corrected chi connectivity index (χ3v) is 1.23. The molecule has 0 spiro atoms. The summed E-state index contributed by atoms with van der Waals surface area (Å²) in [4.78, 5) is 13.3. The van der Waals surface area contributed by atoms with E-state index < -0.39 is 0 Å². The molecule has 0 aliphatic heterocycles. The highest BCUT2D eigenvalue weighted by molar-refractivity contribution is 5.53. The van der Waals surface area contributed by atoms with E-state index in [1.807, 2.05) is 0 Å². The summed E-state index contributed by atoms with van der Waals surface area (Å²) >= 11 is 0. The number of rotatable bonds is 2. The number of ether oxygens (including phenoxy) is 1. The monoisotopic (exact) mass is 153 g/mol. The maximum absolute atomic E-state index is 9.87. The van der Waals surface area contributed by atoms with Gasteiger partial charge in [-0.25, -0.2) is 9.48 Å². The molecule has 0 N–H and O–H groups in total. The minimum absolute atomic E-state index is 0.394. The van der Waals surface area contributed by atoms with E-state index in [1.54, 1.807) is 7.05 Å². The fourth-order valence-corrected chi connectivity index (χ4v) is 0.777. The van der Waals surface area contributed by atoms with E-state index in [2.05, 4.69) is 10.1 Å². The van der Waals surface area contributed by atoms with Crippen LogP contribution in [-0.4, -0.2) is 23.0 Å². The first-order valence-corrected chi connectivity index (χ1v) is 2.93. The van der Waals surface area contributed by atoms with Gasteiger partial charge in [0, 0.05) is 7.05 Å². The standard InChI is InChI=1S/C6H7N3O2/c1-9-6(11-2)5(3-8-9)7-4-10/h3H,1-2H3. The molecule has 0 atom stereocenters. The maximum Gasteiger partial charge on any atom is 0.240 e. The van der Waals surface area contributed by atoms with Crippen LogP contribution in [-0.2, 0) is 11.8 Å². The average Bonchev–Trinajstić information content (AvgIpc) is 2.33. The molecule has 0 saturated carbocycles. The van der Waals surface area contributed by atoms with E-state index >= 15 is 0 Å². The van der Waals surface area contributed by atoms with Crippen LogP contribution in [0.5, 0.6) is 5.88 Å². The molecule has 0 aromatic carbocycles. The topological polar surface area (TPSA) is 56.5 Å². The summed E-state index contributed by atoms with van der Waals surface area (Å²) in [5.41, 5.74) is 0.394. The number of hydrogen-bond donors (Lipinski definition) is 0. The van der Waals surface area contributed by atoms with Gasteiger partial charge in [0.1, 0.15) is 0 Å². The van der Waals surface area contributed by atoms with E-state index in [0.717, 1.165) is 0 Å². The van der Waals surface area contributed by atoms with Gasteiger partial charge in [-0.3, -0.25) is 0 Å². The third kappa shape index (κ3) is 1.28. The van der Waals surface area contributed by atoms with Crippen LogP contribution in [0, 0.1) is 0 Å². The van der Waals surface area contributed by atoms with Gasteiger partial charge in [0.2, 0.25) is 12.0 Å². The average molecular weight is 153 g/mol. The summed E-state index contributed by atoms with van der Waals surface area (Å²) in [7, 11) is 3.18. The van der Waals surface area contributed by atoms with Gasteiger partial charge < -0.3 is 4.74 Å². The molecule has 1 aromatic rings. The lowest BCUT2D eigenvalue weighted by Gasteiger charge is -1.97. The number of methoxy groups -OCH3 is 1. The molecular formula is C6H7N3O2. The predicted octanol–water partition coefficient (Wildman–Crippen LogP) is 0.396. The molecule has 0 radical (unpaired) electrons. The van der Waals surface area contributed by atoms with Gasteiger partial charge in [0.15, 0.2) is 5.69 Å². The molecule has 5 nitrogen and oxygen atoms in total. The Hall–Kier alpha value is -1.61. The van der Waals surface area contributed by atoms with Gasteiger partial charge in [-0.2, -0.15) is 10.1 Å². The van der Waals surface area contributed by atoms with Crippen molar-refractivity contribution in [1.29, 1.82) is 0 Å². The zero-order valence-corrected chi connectivity index (χ0v) is 6.24. The van der Waals surface area contributed by atoms with Crippen LogP contribution in [0.25, 0.3) is 0 Å². The Kier molecular flexibility index (Phi) is 2.03. The van der Waals surface area contributed by atoms with Crippen LogP contribution < -0.4 is 4.74 Å². The zero-order chi connectivity index (χ0) is 8.27. The Morgan fingerprint density at radius 2 is 2.55 bits per heavy atom. The first-order valence-electron chi connectivity index (χ1n) is 2.93. The summed E-state index contributed by atoms with van der Waals surface area (Å²) in [6.45, 7) is 0. The third-order valence-electron chi connectivity index (χ3n) is 1.23. The van der Waals surface area contributed by atoms with Crippen molar-refractivity contribution in [3.63, 3.8) is 0 Å². The molecule has 1 heterocycles. The number of nitrogens with zero attached hydrogens (tertiary/aromatic N) is 3. The fraction of sp³-hybridized carbons (Fsp3) is 0.333. The summed E-state index contributed by atoms with van der Waals surface area (Å²) in [6, 6.07) is 0. The van der Waals surface area contributed by atoms with Crippen molar-refractivity contribution in [2.45, 2.75) is 0 Å². The van der Waals surface area contributed by atoms with Crippen LogP contribution in [0.15, 0.2) is 11.2 Å². The second-order valence-corrected chi connectivity index (χ2v) is 1.87. The lowest BCUT2D eigenvalue weighted by Crippen LogP contribution is -1.94. The van der Waals surface area contributed by atoms with Gasteiger partial charge in [0.25, 0.3) is 0 Å². The Balaban J connectivity index is 3.14. The molecule has 1 aromatic heterocycles. The van der Waals surface area contributed by atoms with Crippen molar-refractivity contribution < 1.29 is 9.53 Å². The van der Waals surface area contributed by atoms with Crippen LogP contribution in [0.1, 0.15) is 0 Å². The molecule has 0 amide bonds. The predicted molar refractivity (Wildman–Crippen MR) is 37.5 cm³/mol. The SMILES string of the molecule is COc1c(N=C=O)cnn1C. The van der Waals surface area contributed by atoms with Crippen molar-refractivity contribution in [2.75, 3.05) is 7.11 Å². The van der Waals surface area contributed by atoms with Gasteiger partial charge >= 0.3 is 0 Å². The van der Waals surface area contributed by atoms with Gasteiger partial charge in [0.05, 0.1) is 13.3 Å². The molecule has 0 bridgehead atoms. The van der Waals surface area contributed by atoms with Gasteiger partial charge in [-0.15, -0.1) is 0 Å². The first kappa shape index (κ1) is 7.50. The van der Waals surface area contributed by atoms with E-state index in [4.69, 9.17) is 4.74 Å². The normalized spacial score (nSPS) is 8.91. The van der Waals surface area contributed by atoms with Crippen LogP contribution in [0.2, 0.25) is 0 Å². The van der Waals surface area contributed by atoms with Crippen LogP contribution in [0.4, 0.5) is 5.69 Å². The van der Waals surface area contributed by atoms with Crippen LogP contribution >= 0.6 is 0 Å². The highest BCUT2D eigenvalue weighted by Gasteiger charge is 2.05. The summed E-state index contributed by atoms with van der Waals surface area (Å²) in [5, 5.41) is 3.83. The molecule has 0 aliphatic carbocycles. The lowest BCUT2D eigenvalue weighted by atomic mass is 10.5. The van der Waals surface area contributed by atoms with E-state index in [1.165, 1.54) is 24.1 Å². The molecule has 0 saturated heterocycles. The Bertz CT molecular complexity index is 299. The number of carbonyl (C=O) groups excluding carboxylic acids is 1. The quantitative estimate of drug-likeness (QED) is 0.456. The highest BCUT2D eigenvalue weighted by atomic mass is 16.5. The molecule has 5 heteroatoms. The second-order valence-electron chi connectivity index (χ2n) is 1.87. The molecule has 0 unspecified atom stereocenters. The molecular weight excluding hydrogens is 146 g/mol. The summed E-state index contributed by atoms with van der Waals surface area (Å²) in [6.07, 6.45) is 2.85. The first-order chi connectivity index (χ1) is 5.29. The maximum atomic E-state index is 9.87. The summed E-state index contributed by atoms with van der Waals surface area (Å²) < 4.78 is 6.38. The van der Waals surface area contributed by atoms with Crippen molar-refractivity contribution in [1.82, 2.24) is 9.78 Å².